The molecule has 0 saturated heterocycles. The molecule has 3 rings (SSSR count). The Labute approximate surface area is 176 Å². The molecule has 3 aromatic rings. The number of hydrogen-bond acceptors (Lipinski definition) is 4. The minimum atomic E-state index is -4.60. The first-order valence-corrected chi connectivity index (χ1v) is 10.00. The molecule has 5 nitrogen and oxygen atoms in total. The maximum atomic E-state index is 12.8. The largest absolute Gasteiger partial charge is 0.417 e. The van der Waals surface area contributed by atoms with E-state index in [1.807, 2.05) is 25.1 Å². The first-order chi connectivity index (χ1) is 13.6. The number of pyridine rings is 1. The number of thiazole rings is 1. The molecule has 2 heterocycles. The first kappa shape index (κ1) is 21.3. The third-order valence-corrected chi connectivity index (χ3v) is 5.83. The average molecular weight is 486 g/mol. The van der Waals surface area contributed by atoms with Crippen molar-refractivity contribution in [3.05, 3.63) is 79.1 Å². The standard InChI is InChI=1S/C19H15BrF3N3O2S/c1-11-6-12(2-4-15(11)20)7-14-8-24-18(29-14)25-16(27)10-26-9-13(19(21,22)23)3-5-17(26)28/h2-6,8-9H,7,10H2,1H3,(H,24,25,27). The molecule has 1 N–H and O–H groups in total. The zero-order valence-corrected chi connectivity index (χ0v) is 17.5. The van der Waals surface area contributed by atoms with E-state index < -0.39 is 29.8 Å². The number of nitrogens with zero attached hydrogens (tertiary/aromatic N) is 2. The molecule has 0 radical (unpaired) electrons. The highest BCUT2D eigenvalue weighted by atomic mass is 79.9. The summed E-state index contributed by atoms with van der Waals surface area (Å²) in [6, 6.07) is 7.46. The Morgan fingerprint density at radius 2 is 2.03 bits per heavy atom. The van der Waals surface area contributed by atoms with Gasteiger partial charge in [-0.3, -0.25) is 9.59 Å². The number of alkyl halides is 3. The van der Waals surface area contributed by atoms with Crippen molar-refractivity contribution < 1.29 is 18.0 Å². The molecule has 0 saturated carbocycles. The molecule has 0 fully saturated rings. The van der Waals surface area contributed by atoms with E-state index >= 15 is 0 Å². The molecule has 1 amide bonds. The van der Waals surface area contributed by atoms with Crippen LogP contribution in [0.3, 0.4) is 0 Å². The van der Waals surface area contributed by atoms with Crippen molar-refractivity contribution in [2.45, 2.75) is 26.1 Å². The van der Waals surface area contributed by atoms with Crippen LogP contribution in [0.5, 0.6) is 0 Å². The van der Waals surface area contributed by atoms with Crippen LogP contribution in [0.25, 0.3) is 0 Å². The Morgan fingerprint density at radius 3 is 2.72 bits per heavy atom. The van der Waals surface area contributed by atoms with E-state index in [0.717, 1.165) is 31.1 Å². The highest BCUT2D eigenvalue weighted by Gasteiger charge is 2.31. The number of benzene rings is 1. The Balaban J connectivity index is 1.66. The zero-order chi connectivity index (χ0) is 21.2. The summed E-state index contributed by atoms with van der Waals surface area (Å²) < 4.78 is 40.1. The second-order valence-electron chi connectivity index (χ2n) is 6.32. The third-order valence-electron chi connectivity index (χ3n) is 4.03. The smallest absolute Gasteiger partial charge is 0.305 e. The Kier molecular flexibility index (Phi) is 6.23. The van der Waals surface area contributed by atoms with Crippen molar-refractivity contribution in [2.75, 3.05) is 5.32 Å². The van der Waals surface area contributed by atoms with Gasteiger partial charge in [-0.15, -0.1) is 11.3 Å². The van der Waals surface area contributed by atoms with Gasteiger partial charge in [0.2, 0.25) is 5.91 Å². The lowest BCUT2D eigenvalue weighted by Gasteiger charge is -2.10. The molecule has 0 unspecified atom stereocenters. The van der Waals surface area contributed by atoms with Crippen LogP contribution in [-0.2, 0) is 23.9 Å². The SMILES string of the molecule is Cc1cc(Cc2cnc(NC(=O)Cn3cc(C(F)(F)F)ccc3=O)s2)ccc1Br. The lowest BCUT2D eigenvalue weighted by Crippen LogP contribution is -2.28. The van der Waals surface area contributed by atoms with Crippen LogP contribution in [0, 0.1) is 6.92 Å². The summed E-state index contributed by atoms with van der Waals surface area (Å²) in [5.74, 6) is -0.633. The van der Waals surface area contributed by atoms with E-state index in [0.29, 0.717) is 23.8 Å². The summed E-state index contributed by atoms with van der Waals surface area (Å²) in [4.78, 5) is 28.9. The summed E-state index contributed by atoms with van der Waals surface area (Å²) >= 11 is 4.72. The van der Waals surface area contributed by atoms with E-state index in [1.54, 1.807) is 6.20 Å². The molecular formula is C19H15BrF3N3O2S. The fraction of sp³-hybridized carbons (Fsp3) is 0.211. The second-order valence-corrected chi connectivity index (χ2v) is 8.29. The first-order valence-electron chi connectivity index (χ1n) is 8.39. The van der Waals surface area contributed by atoms with Crippen LogP contribution in [-0.4, -0.2) is 15.5 Å². The number of carbonyl (C=O) groups excluding carboxylic acids is 1. The molecule has 0 aliphatic carbocycles. The topological polar surface area (TPSA) is 64.0 Å². The van der Waals surface area contributed by atoms with E-state index in [1.165, 1.54) is 11.3 Å². The highest BCUT2D eigenvalue weighted by Crippen LogP contribution is 2.28. The van der Waals surface area contributed by atoms with Gasteiger partial charge < -0.3 is 9.88 Å². The van der Waals surface area contributed by atoms with Crippen molar-refractivity contribution in [1.29, 1.82) is 0 Å². The quantitative estimate of drug-likeness (QED) is 0.573. The lowest BCUT2D eigenvalue weighted by molar-refractivity contribution is -0.138. The molecule has 0 bridgehead atoms. The van der Waals surface area contributed by atoms with Gasteiger partial charge in [0, 0.05) is 34.2 Å². The molecule has 0 aliphatic rings. The lowest BCUT2D eigenvalue weighted by atomic mass is 10.1. The van der Waals surface area contributed by atoms with Gasteiger partial charge in [0.05, 0.1) is 5.56 Å². The van der Waals surface area contributed by atoms with Gasteiger partial charge in [-0.25, -0.2) is 4.98 Å². The monoisotopic (exact) mass is 485 g/mol. The molecule has 152 valence electrons. The van der Waals surface area contributed by atoms with E-state index in [-0.39, 0.29) is 0 Å². The number of halogens is 4. The van der Waals surface area contributed by atoms with Crippen molar-refractivity contribution in [2.24, 2.45) is 0 Å². The zero-order valence-electron chi connectivity index (χ0n) is 15.1. The van der Waals surface area contributed by atoms with E-state index in [4.69, 9.17) is 0 Å². The number of nitrogens with one attached hydrogen (secondary N) is 1. The molecule has 0 atom stereocenters. The minimum Gasteiger partial charge on any atom is -0.305 e. The summed E-state index contributed by atoms with van der Waals surface area (Å²) in [5.41, 5.74) is 0.500. The predicted octanol–water partition coefficient (Wildman–Crippen LogP) is 4.62. The molecule has 0 aliphatic heterocycles. The number of aromatic nitrogens is 2. The van der Waals surface area contributed by atoms with Gasteiger partial charge in [0.15, 0.2) is 5.13 Å². The predicted molar refractivity (Wildman–Crippen MR) is 108 cm³/mol. The summed E-state index contributed by atoms with van der Waals surface area (Å²) in [5, 5.41) is 2.84. The van der Waals surface area contributed by atoms with Gasteiger partial charge in [0.1, 0.15) is 6.54 Å². The van der Waals surface area contributed by atoms with Crippen LogP contribution < -0.4 is 10.9 Å². The van der Waals surface area contributed by atoms with Crippen LogP contribution in [0.2, 0.25) is 0 Å². The Bertz CT molecular complexity index is 1110. The van der Waals surface area contributed by atoms with Crippen molar-refractivity contribution in [1.82, 2.24) is 9.55 Å². The van der Waals surface area contributed by atoms with Crippen LogP contribution in [0.15, 0.2) is 52.0 Å². The van der Waals surface area contributed by atoms with Gasteiger partial charge in [-0.05, 0) is 30.2 Å². The average Bonchev–Trinajstić information content (AvgIpc) is 3.06. The summed E-state index contributed by atoms with van der Waals surface area (Å²) in [6.07, 6.45) is -1.70. The van der Waals surface area contributed by atoms with Crippen molar-refractivity contribution >= 4 is 38.3 Å². The molecule has 2 aromatic heterocycles. The van der Waals surface area contributed by atoms with Crippen LogP contribution in [0.4, 0.5) is 18.3 Å². The third kappa shape index (κ3) is 5.54. The van der Waals surface area contributed by atoms with Crippen molar-refractivity contribution in [3.8, 4) is 0 Å². The van der Waals surface area contributed by atoms with Crippen molar-refractivity contribution in [3.63, 3.8) is 0 Å². The van der Waals surface area contributed by atoms with Crippen LogP contribution in [0.1, 0.15) is 21.6 Å². The maximum Gasteiger partial charge on any atom is 0.417 e. The van der Waals surface area contributed by atoms with Gasteiger partial charge >= 0.3 is 6.18 Å². The van der Waals surface area contributed by atoms with E-state index in [9.17, 15) is 22.8 Å². The molecule has 29 heavy (non-hydrogen) atoms. The van der Waals surface area contributed by atoms with Gasteiger partial charge in [-0.1, -0.05) is 28.1 Å². The summed E-state index contributed by atoms with van der Waals surface area (Å²) in [6.45, 7) is 1.45. The number of carbonyl (C=O) groups is 1. The maximum absolute atomic E-state index is 12.8. The molecular weight excluding hydrogens is 471 g/mol. The normalized spacial score (nSPS) is 11.5. The van der Waals surface area contributed by atoms with Gasteiger partial charge in [0.25, 0.3) is 5.56 Å². The number of rotatable bonds is 5. The number of anilines is 1. The highest BCUT2D eigenvalue weighted by molar-refractivity contribution is 9.10. The second kappa shape index (κ2) is 8.50. The fourth-order valence-corrected chi connectivity index (χ4v) is 3.71. The molecule has 0 spiro atoms. The van der Waals surface area contributed by atoms with E-state index in [2.05, 4.69) is 26.2 Å². The summed E-state index contributed by atoms with van der Waals surface area (Å²) in [7, 11) is 0. The van der Waals surface area contributed by atoms with Crippen LogP contribution >= 0.6 is 27.3 Å². The number of aryl methyl sites for hydroxylation is 1. The Morgan fingerprint density at radius 1 is 1.28 bits per heavy atom. The molecule has 10 heteroatoms. The number of amides is 1. The number of hydrogen-bond donors (Lipinski definition) is 1. The Hall–Kier alpha value is -2.46. The van der Waals surface area contributed by atoms with Gasteiger partial charge in [-0.2, -0.15) is 13.2 Å². The minimum absolute atomic E-state index is 0.318. The molecule has 1 aromatic carbocycles. The fourth-order valence-electron chi connectivity index (χ4n) is 2.60.